The average Bonchev–Trinajstić information content (AvgIpc) is 2.64. The summed E-state index contributed by atoms with van der Waals surface area (Å²) in [6.45, 7) is 5.15. The van der Waals surface area contributed by atoms with E-state index in [9.17, 15) is 4.79 Å². The first-order valence-corrected chi connectivity index (χ1v) is 9.43. The molecule has 1 aliphatic rings. The first-order chi connectivity index (χ1) is 12.1. The van der Waals surface area contributed by atoms with Crippen LogP contribution in [0.1, 0.15) is 33.1 Å². The van der Waals surface area contributed by atoms with E-state index in [4.69, 9.17) is 0 Å². The van der Waals surface area contributed by atoms with E-state index in [0.717, 1.165) is 22.7 Å². The molecule has 1 aliphatic carbocycles. The van der Waals surface area contributed by atoms with Crippen LogP contribution in [0.15, 0.2) is 54.6 Å². The largest absolute Gasteiger partial charge is 0.336 e. The van der Waals surface area contributed by atoms with Gasteiger partial charge < -0.3 is 10.6 Å². The standard InChI is InChI=1S/C22H28N2O/c1-16-9-8-14-20(17(16)2)23-15-22(25)24-21-13-7-6-12-19(21)18-10-4-3-5-11-18/h3-7,10-13,16-17,20,23H,8-9,14-15H2,1-2H3,(H,24,25)/p+1/t16-,17+,20+/m0/s1. The van der Waals surface area contributed by atoms with Gasteiger partial charge in [-0.3, -0.25) is 4.79 Å². The summed E-state index contributed by atoms with van der Waals surface area (Å²) in [4.78, 5) is 12.5. The number of amides is 1. The lowest BCUT2D eigenvalue weighted by Crippen LogP contribution is -2.93. The van der Waals surface area contributed by atoms with E-state index in [1.165, 1.54) is 19.3 Å². The zero-order valence-electron chi connectivity index (χ0n) is 15.2. The molecule has 0 aliphatic heterocycles. The predicted octanol–water partition coefficient (Wildman–Crippen LogP) is 3.68. The van der Waals surface area contributed by atoms with Crippen LogP contribution in [-0.4, -0.2) is 18.5 Å². The normalized spacial score (nSPS) is 23.2. The van der Waals surface area contributed by atoms with E-state index in [1.807, 2.05) is 36.4 Å². The molecule has 0 spiro atoms. The van der Waals surface area contributed by atoms with Gasteiger partial charge in [-0.2, -0.15) is 0 Å². The van der Waals surface area contributed by atoms with Crippen LogP contribution >= 0.6 is 0 Å². The predicted molar refractivity (Wildman–Crippen MR) is 103 cm³/mol. The van der Waals surface area contributed by atoms with Gasteiger partial charge in [0.15, 0.2) is 6.54 Å². The van der Waals surface area contributed by atoms with Crippen LogP contribution in [0.3, 0.4) is 0 Å². The summed E-state index contributed by atoms with van der Waals surface area (Å²) in [7, 11) is 0. The highest BCUT2D eigenvalue weighted by Crippen LogP contribution is 2.28. The van der Waals surface area contributed by atoms with Crippen molar-refractivity contribution < 1.29 is 10.1 Å². The van der Waals surface area contributed by atoms with Crippen molar-refractivity contribution >= 4 is 11.6 Å². The minimum atomic E-state index is 0.0776. The molecule has 3 rings (SSSR count). The number of rotatable bonds is 5. The van der Waals surface area contributed by atoms with E-state index in [-0.39, 0.29) is 5.91 Å². The fourth-order valence-electron chi connectivity index (χ4n) is 3.88. The number of benzene rings is 2. The molecule has 0 heterocycles. The van der Waals surface area contributed by atoms with Crippen molar-refractivity contribution in [3.05, 3.63) is 54.6 Å². The van der Waals surface area contributed by atoms with Crippen LogP contribution in [0.4, 0.5) is 5.69 Å². The third-order valence-corrected chi connectivity index (χ3v) is 5.66. The molecule has 25 heavy (non-hydrogen) atoms. The molecule has 1 fully saturated rings. The van der Waals surface area contributed by atoms with Gasteiger partial charge >= 0.3 is 0 Å². The molecule has 0 saturated heterocycles. The summed E-state index contributed by atoms with van der Waals surface area (Å²) < 4.78 is 0. The second-order valence-electron chi connectivity index (χ2n) is 7.33. The number of hydrogen-bond donors (Lipinski definition) is 2. The molecule has 0 radical (unpaired) electrons. The Morgan fingerprint density at radius 3 is 2.56 bits per heavy atom. The second kappa shape index (κ2) is 8.30. The topological polar surface area (TPSA) is 45.7 Å². The van der Waals surface area contributed by atoms with E-state index in [0.29, 0.717) is 18.5 Å². The van der Waals surface area contributed by atoms with E-state index in [1.54, 1.807) is 0 Å². The minimum Gasteiger partial charge on any atom is -0.336 e. The van der Waals surface area contributed by atoms with Crippen molar-refractivity contribution in [2.24, 2.45) is 11.8 Å². The monoisotopic (exact) mass is 337 g/mol. The van der Waals surface area contributed by atoms with Gasteiger partial charge in [-0.25, -0.2) is 0 Å². The smallest absolute Gasteiger partial charge is 0.279 e. The summed E-state index contributed by atoms with van der Waals surface area (Å²) >= 11 is 0. The number of carbonyl (C=O) groups is 1. The number of nitrogens with one attached hydrogen (secondary N) is 1. The highest BCUT2D eigenvalue weighted by molar-refractivity contribution is 5.95. The lowest BCUT2D eigenvalue weighted by Gasteiger charge is -2.31. The second-order valence-corrected chi connectivity index (χ2v) is 7.33. The van der Waals surface area contributed by atoms with Crippen LogP contribution in [0, 0.1) is 11.8 Å². The highest BCUT2D eigenvalue weighted by Gasteiger charge is 2.29. The zero-order valence-corrected chi connectivity index (χ0v) is 15.2. The third kappa shape index (κ3) is 4.49. The first-order valence-electron chi connectivity index (χ1n) is 9.43. The van der Waals surface area contributed by atoms with Crippen molar-refractivity contribution in [3.63, 3.8) is 0 Å². The molecule has 3 heteroatoms. The zero-order chi connectivity index (χ0) is 17.6. The lowest BCUT2D eigenvalue weighted by molar-refractivity contribution is -0.688. The van der Waals surface area contributed by atoms with E-state index in [2.05, 4.69) is 42.7 Å². The molecule has 0 aromatic heterocycles. The molecule has 3 atom stereocenters. The number of anilines is 1. The minimum absolute atomic E-state index is 0.0776. The summed E-state index contributed by atoms with van der Waals surface area (Å²) in [5, 5.41) is 5.34. The third-order valence-electron chi connectivity index (χ3n) is 5.66. The fourth-order valence-corrected chi connectivity index (χ4v) is 3.88. The number of carbonyl (C=O) groups excluding carboxylic acids is 1. The van der Waals surface area contributed by atoms with Crippen LogP contribution in [0.2, 0.25) is 0 Å². The lowest BCUT2D eigenvalue weighted by atomic mass is 9.78. The number of quaternary nitrogens is 1. The van der Waals surface area contributed by atoms with E-state index < -0.39 is 0 Å². The van der Waals surface area contributed by atoms with Crippen molar-refractivity contribution in [2.75, 3.05) is 11.9 Å². The Labute approximate surface area is 150 Å². The van der Waals surface area contributed by atoms with Gasteiger partial charge in [0.1, 0.15) is 0 Å². The van der Waals surface area contributed by atoms with Crippen molar-refractivity contribution in [1.29, 1.82) is 0 Å². The van der Waals surface area contributed by atoms with Gasteiger partial charge in [-0.15, -0.1) is 0 Å². The summed E-state index contributed by atoms with van der Waals surface area (Å²) in [6.07, 6.45) is 3.83. The molecule has 2 aromatic rings. The number of nitrogens with two attached hydrogens (primary N) is 1. The molecular weight excluding hydrogens is 308 g/mol. The summed E-state index contributed by atoms with van der Waals surface area (Å²) in [5.74, 6) is 1.52. The Morgan fingerprint density at radius 1 is 1.04 bits per heavy atom. The maximum atomic E-state index is 12.5. The molecule has 2 aromatic carbocycles. The van der Waals surface area contributed by atoms with Gasteiger partial charge in [0.2, 0.25) is 0 Å². The van der Waals surface area contributed by atoms with Gasteiger partial charge in [0.05, 0.1) is 6.04 Å². The van der Waals surface area contributed by atoms with Crippen LogP contribution < -0.4 is 10.6 Å². The SMILES string of the molecule is C[C@@H]1[C@@H](C)CCC[C@H]1[NH2+]CC(=O)Nc1ccccc1-c1ccccc1. The van der Waals surface area contributed by atoms with Crippen molar-refractivity contribution in [3.8, 4) is 11.1 Å². The molecule has 0 bridgehead atoms. The van der Waals surface area contributed by atoms with Crippen LogP contribution in [0.25, 0.3) is 11.1 Å². The number of para-hydroxylation sites is 1. The van der Waals surface area contributed by atoms with Crippen LogP contribution in [0.5, 0.6) is 0 Å². The number of hydrogen-bond acceptors (Lipinski definition) is 1. The Bertz CT molecular complexity index is 698. The molecule has 3 nitrogen and oxygen atoms in total. The van der Waals surface area contributed by atoms with Gasteiger partial charge in [-0.1, -0.05) is 62.4 Å². The molecule has 1 saturated carbocycles. The maximum Gasteiger partial charge on any atom is 0.279 e. The van der Waals surface area contributed by atoms with Gasteiger partial charge in [-0.05, 0) is 36.8 Å². The van der Waals surface area contributed by atoms with Crippen molar-refractivity contribution in [1.82, 2.24) is 0 Å². The fraction of sp³-hybridized carbons (Fsp3) is 0.409. The Balaban J connectivity index is 1.62. The Kier molecular flexibility index (Phi) is 5.87. The Hall–Kier alpha value is -2.13. The summed E-state index contributed by atoms with van der Waals surface area (Å²) in [5.41, 5.74) is 3.07. The average molecular weight is 337 g/mol. The van der Waals surface area contributed by atoms with Gasteiger partial charge in [0, 0.05) is 17.2 Å². The molecule has 1 amide bonds. The van der Waals surface area contributed by atoms with Crippen molar-refractivity contribution in [2.45, 2.75) is 39.2 Å². The molecular formula is C22H29N2O+. The highest BCUT2D eigenvalue weighted by atomic mass is 16.1. The molecule has 0 unspecified atom stereocenters. The molecule has 3 N–H and O–H groups in total. The van der Waals surface area contributed by atoms with Gasteiger partial charge in [0.25, 0.3) is 5.91 Å². The maximum absolute atomic E-state index is 12.5. The summed E-state index contributed by atoms with van der Waals surface area (Å²) in [6, 6.07) is 18.8. The molecule has 132 valence electrons. The van der Waals surface area contributed by atoms with E-state index >= 15 is 0 Å². The van der Waals surface area contributed by atoms with Crippen LogP contribution in [-0.2, 0) is 4.79 Å². The quantitative estimate of drug-likeness (QED) is 0.859. The first kappa shape index (κ1) is 17.7. The Morgan fingerprint density at radius 2 is 1.76 bits per heavy atom.